The summed E-state index contributed by atoms with van der Waals surface area (Å²) in [6.07, 6.45) is -1.14. The van der Waals surface area contributed by atoms with E-state index in [0.29, 0.717) is 16.4 Å². The second kappa shape index (κ2) is 7.01. The summed E-state index contributed by atoms with van der Waals surface area (Å²) in [5.41, 5.74) is 2.10. The number of carbonyl (C=O) groups is 1. The van der Waals surface area contributed by atoms with Crippen molar-refractivity contribution >= 4 is 38.5 Å². The van der Waals surface area contributed by atoms with Gasteiger partial charge in [-0.1, -0.05) is 30.7 Å². The van der Waals surface area contributed by atoms with Crippen LogP contribution in [0.15, 0.2) is 51.8 Å². The van der Waals surface area contributed by atoms with E-state index >= 15 is 0 Å². The normalized spacial score (nSPS) is 11.6. The van der Waals surface area contributed by atoms with Crippen molar-refractivity contribution in [1.29, 1.82) is 0 Å². The summed E-state index contributed by atoms with van der Waals surface area (Å²) in [5, 5.41) is 12.0. The van der Waals surface area contributed by atoms with Crippen molar-refractivity contribution in [1.82, 2.24) is 5.32 Å². The summed E-state index contributed by atoms with van der Waals surface area (Å²) in [5.74, 6) is 0.498. The molecule has 0 saturated heterocycles. The Hall–Kier alpha value is -2.51. The lowest BCUT2D eigenvalue weighted by atomic mass is 10.0. The highest BCUT2D eigenvalue weighted by molar-refractivity contribution is 7.91. The number of benzene rings is 2. The molecule has 3 rings (SSSR count). The quantitative estimate of drug-likeness (QED) is 0.673. The van der Waals surface area contributed by atoms with E-state index in [1.165, 1.54) is 0 Å². The molecule has 136 valence electrons. The monoisotopic (exact) mass is 393 g/mol. The van der Waals surface area contributed by atoms with Crippen LogP contribution in [0.3, 0.4) is 0 Å². The number of nitrogens with one attached hydrogen (secondary N) is 1. The Morgan fingerprint density at radius 3 is 2.46 bits per heavy atom. The SMILES string of the molecule is CCS(=O)(=O)c1ccc(-c2cc(Cl)c3oc(CNC(=O)O)cc3c2)cc1. The average Bonchev–Trinajstić information content (AvgIpc) is 3.04. The van der Waals surface area contributed by atoms with Crippen LogP contribution in [-0.2, 0) is 16.4 Å². The minimum Gasteiger partial charge on any atom is -0.465 e. The maximum Gasteiger partial charge on any atom is 0.405 e. The van der Waals surface area contributed by atoms with Crippen LogP contribution in [0.1, 0.15) is 12.7 Å². The van der Waals surface area contributed by atoms with Gasteiger partial charge >= 0.3 is 6.09 Å². The number of hydrogen-bond donors (Lipinski definition) is 2. The molecule has 0 atom stereocenters. The van der Waals surface area contributed by atoms with Crippen LogP contribution in [0, 0.1) is 0 Å². The van der Waals surface area contributed by atoms with Gasteiger partial charge in [-0.25, -0.2) is 13.2 Å². The summed E-state index contributed by atoms with van der Waals surface area (Å²) in [7, 11) is -3.25. The Balaban J connectivity index is 1.96. The molecule has 0 fully saturated rings. The number of fused-ring (bicyclic) bond motifs is 1. The molecule has 3 aromatic rings. The van der Waals surface area contributed by atoms with Gasteiger partial charge in [-0.2, -0.15) is 0 Å². The standard InChI is InChI=1S/C18H16ClNO5S/c1-2-26(23,24)15-5-3-11(4-6-15)12-7-13-8-14(10-20-18(21)22)25-17(13)16(19)9-12/h3-9,20H,2,10H2,1H3,(H,21,22). The van der Waals surface area contributed by atoms with Crippen LogP contribution >= 0.6 is 11.6 Å². The molecule has 1 heterocycles. The Bertz CT molecular complexity index is 1070. The predicted molar refractivity (Wildman–Crippen MR) is 99.3 cm³/mol. The maximum absolute atomic E-state index is 11.9. The summed E-state index contributed by atoms with van der Waals surface area (Å²) < 4.78 is 29.4. The van der Waals surface area contributed by atoms with Gasteiger partial charge in [0, 0.05) is 5.39 Å². The largest absolute Gasteiger partial charge is 0.465 e. The van der Waals surface area contributed by atoms with Crippen molar-refractivity contribution in [3.05, 3.63) is 53.2 Å². The minimum atomic E-state index is -3.25. The third kappa shape index (κ3) is 3.68. The van der Waals surface area contributed by atoms with Gasteiger partial charge in [0.2, 0.25) is 0 Å². The van der Waals surface area contributed by atoms with Gasteiger partial charge < -0.3 is 14.8 Å². The molecule has 1 amide bonds. The maximum atomic E-state index is 11.9. The van der Waals surface area contributed by atoms with Gasteiger partial charge in [-0.15, -0.1) is 0 Å². The van der Waals surface area contributed by atoms with Crippen LogP contribution in [0.2, 0.25) is 5.02 Å². The van der Waals surface area contributed by atoms with Gasteiger partial charge in [0.05, 0.1) is 22.2 Å². The summed E-state index contributed by atoms with van der Waals surface area (Å²) in [6.45, 7) is 1.64. The lowest BCUT2D eigenvalue weighted by Crippen LogP contribution is -2.19. The van der Waals surface area contributed by atoms with E-state index in [0.717, 1.165) is 16.5 Å². The Labute approximate surface area is 155 Å². The van der Waals surface area contributed by atoms with E-state index in [9.17, 15) is 13.2 Å². The van der Waals surface area contributed by atoms with Crippen LogP contribution < -0.4 is 5.32 Å². The number of carboxylic acid groups (broad SMARTS) is 1. The molecule has 8 heteroatoms. The second-order valence-corrected chi connectivity index (χ2v) is 8.36. The fourth-order valence-electron chi connectivity index (χ4n) is 2.60. The molecule has 0 saturated carbocycles. The molecule has 1 aromatic heterocycles. The van der Waals surface area contributed by atoms with Gasteiger partial charge in [0.1, 0.15) is 5.76 Å². The predicted octanol–water partition coefficient (Wildman–Crippen LogP) is 4.31. The first-order valence-corrected chi connectivity index (χ1v) is 9.85. The fraction of sp³-hybridized carbons (Fsp3) is 0.167. The van der Waals surface area contributed by atoms with Crippen molar-refractivity contribution < 1.29 is 22.7 Å². The Morgan fingerprint density at radius 1 is 1.15 bits per heavy atom. The molecular formula is C18H16ClNO5S. The molecule has 2 aromatic carbocycles. The van der Waals surface area contributed by atoms with Crippen molar-refractivity contribution in [3.8, 4) is 11.1 Å². The molecule has 0 aliphatic carbocycles. The summed E-state index contributed by atoms with van der Waals surface area (Å²) in [4.78, 5) is 10.9. The first-order valence-electron chi connectivity index (χ1n) is 7.82. The fourth-order valence-corrected chi connectivity index (χ4v) is 3.75. The lowest BCUT2D eigenvalue weighted by molar-refractivity contribution is 0.193. The number of sulfone groups is 1. The van der Waals surface area contributed by atoms with E-state index < -0.39 is 15.9 Å². The molecule has 0 spiro atoms. The lowest BCUT2D eigenvalue weighted by Gasteiger charge is -2.06. The van der Waals surface area contributed by atoms with E-state index in [1.54, 1.807) is 43.3 Å². The summed E-state index contributed by atoms with van der Waals surface area (Å²) >= 11 is 6.29. The van der Waals surface area contributed by atoms with Crippen LogP contribution in [0.5, 0.6) is 0 Å². The molecular weight excluding hydrogens is 378 g/mol. The Morgan fingerprint density at radius 2 is 1.85 bits per heavy atom. The zero-order valence-corrected chi connectivity index (χ0v) is 15.4. The minimum absolute atomic E-state index is 0.0409. The molecule has 0 unspecified atom stereocenters. The van der Waals surface area contributed by atoms with E-state index in [2.05, 4.69) is 5.32 Å². The number of halogens is 1. The molecule has 0 aliphatic rings. The summed E-state index contributed by atoms with van der Waals surface area (Å²) in [6, 6.07) is 11.9. The highest BCUT2D eigenvalue weighted by Crippen LogP contribution is 2.33. The van der Waals surface area contributed by atoms with Crippen molar-refractivity contribution in [2.24, 2.45) is 0 Å². The highest BCUT2D eigenvalue weighted by Gasteiger charge is 2.13. The van der Waals surface area contributed by atoms with Crippen molar-refractivity contribution in [2.45, 2.75) is 18.4 Å². The topological polar surface area (TPSA) is 96.6 Å². The third-order valence-electron chi connectivity index (χ3n) is 3.96. The Kier molecular flexibility index (Phi) is 4.93. The molecule has 0 aliphatic heterocycles. The van der Waals surface area contributed by atoms with Gasteiger partial charge in [0.15, 0.2) is 15.4 Å². The number of furan rings is 1. The third-order valence-corrected chi connectivity index (χ3v) is 5.99. The smallest absolute Gasteiger partial charge is 0.405 e. The molecule has 2 N–H and O–H groups in total. The molecule has 6 nitrogen and oxygen atoms in total. The molecule has 0 radical (unpaired) electrons. The number of hydrogen-bond acceptors (Lipinski definition) is 4. The van der Waals surface area contributed by atoms with Gasteiger partial charge in [-0.3, -0.25) is 0 Å². The van der Waals surface area contributed by atoms with E-state index in [1.807, 2.05) is 6.07 Å². The van der Waals surface area contributed by atoms with E-state index in [-0.39, 0.29) is 17.2 Å². The van der Waals surface area contributed by atoms with E-state index in [4.69, 9.17) is 21.1 Å². The molecule has 0 bridgehead atoms. The zero-order chi connectivity index (χ0) is 18.9. The number of amides is 1. The first kappa shape index (κ1) is 18.3. The average molecular weight is 394 g/mol. The van der Waals surface area contributed by atoms with Gasteiger partial charge in [-0.05, 0) is 41.5 Å². The number of rotatable bonds is 5. The molecule has 26 heavy (non-hydrogen) atoms. The van der Waals surface area contributed by atoms with Crippen LogP contribution in [0.4, 0.5) is 4.79 Å². The van der Waals surface area contributed by atoms with Crippen molar-refractivity contribution in [2.75, 3.05) is 5.75 Å². The van der Waals surface area contributed by atoms with Crippen LogP contribution in [-0.4, -0.2) is 25.4 Å². The highest BCUT2D eigenvalue weighted by atomic mass is 35.5. The van der Waals surface area contributed by atoms with Crippen molar-refractivity contribution in [3.63, 3.8) is 0 Å². The van der Waals surface area contributed by atoms with Crippen LogP contribution in [0.25, 0.3) is 22.1 Å². The first-order chi connectivity index (χ1) is 12.3. The second-order valence-electron chi connectivity index (χ2n) is 5.68. The van der Waals surface area contributed by atoms with Gasteiger partial charge in [0.25, 0.3) is 0 Å². The zero-order valence-electron chi connectivity index (χ0n) is 13.8.